The van der Waals surface area contributed by atoms with Gasteiger partial charge in [0.2, 0.25) is 5.91 Å². The number of thioether (sulfide) groups is 1. The van der Waals surface area contributed by atoms with Gasteiger partial charge in [0.1, 0.15) is 5.69 Å². The second kappa shape index (κ2) is 7.47. The van der Waals surface area contributed by atoms with Crippen LogP contribution in [0.2, 0.25) is 0 Å². The van der Waals surface area contributed by atoms with Crippen molar-refractivity contribution in [3.05, 3.63) is 45.9 Å². The van der Waals surface area contributed by atoms with E-state index in [-0.39, 0.29) is 29.6 Å². The molecular weight excluding hydrogens is 344 g/mol. The van der Waals surface area contributed by atoms with Gasteiger partial charge in [0, 0.05) is 12.1 Å². The van der Waals surface area contributed by atoms with Gasteiger partial charge >= 0.3 is 5.97 Å². The molecule has 0 aliphatic carbocycles. The molecule has 3 rings (SSSR count). The topological polar surface area (TPSA) is 125 Å². The fraction of sp³-hybridized carbons (Fsp3) is 0.312. The molecule has 3 N–H and O–H groups in total. The van der Waals surface area contributed by atoms with Crippen LogP contribution in [0.25, 0.3) is 0 Å². The molecule has 0 fully saturated rings. The number of para-hydroxylation sites is 1. The Morgan fingerprint density at radius 2 is 2.08 bits per heavy atom. The van der Waals surface area contributed by atoms with Gasteiger partial charge in [-0.25, -0.2) is 0 Å². The van der Waals surface area contributed by atoms with E-state index in [1.165, 1.54) is 0 Å². The van der Waals surface area contributed by atoms with Crippen molar-refractivity contribution in [1.82, 2.24) is 15.2 Å². The molecule has 1 aromatic carbocycles. The third-order valence-electron chi connectivity index (χ3n) is 3.82. The zero-order valence-corrected chi connectivity index (χ0v) is 14.0. The number of carboxylic acid groups (broad SMARTS) is 1. The lowest BCUT2D eigenvalue weighted by Crippen LogP contribution is -2.25. The summed E-state index contributed by atoms with van der Waals surface area (Å²) in [6.07, 6.45) is 1.17. The molecule has 1 aliphatic heterocycles. The predicted octanol–water partition coefficient (Wildman–Crippen LogP) is 1.23. The fourth-order valence-corrected chi connectivity index (χ4v) is 3.44. The summed E-state index contributed by atoms with van der Waals surface area (Å²) < 4.78 is 0. The molecule has 0 radical (unpaired) electrons. The summed E-state index contributed by atoms with van der Waals surface area (Å²) in [5.74, 6) is -1.15. The Bertz CT molecular complexity index is 867. The lowest BCUT2D eigenvalue weighted by molar-refractivity contribution is -0.137. The second-order valence-electron chi connectivity index (χ2n) is 5.59. The predicted molar refractivity (Wildman–Crippen MR) is 91.6 cm³/mol. The first kappa shape index (κ1) is 17.2. The molecule has 0 spiro atoms. The number of anilines is 1. The molecule has 25 heavy (non-hydrogen) atoms. The summed E-state index contributed by atoms with van der Waals surface area (Å²) in [6.45, 7) is 0. The van der Waals surface area contributed by atoms with Gasteiger partial charge in [0.25, 0.3) is 5.56 Å². The Balaban J connectivity index is 1.70. The number of carbonyl (C=O) groups excluding carboxylic acids is 1. The maximum absolute atomic E-state index is 12.4. The summed E-state index contributed by atoms with van der Waals surface area (Å²) in [7, 11) is 0. The van der Waals surface area contributed by atoms with Gasteiger partial charge in [-0.3, -0.25) is 19.4 Å². The van der Waals surface area contributed by atoms with Crippen molar-refractivity contribution in [1.29, 1.82) is 0 Å². The van der Waals surface area contributed by atoms with E-state index in [1.54, 1.807) is 0 Å². The van der Waals surface area contributed by atoms with Gasteiger partial charge in [-0.05, 0) is 24.5 Å². The number of aliphatic carboxylic acids is 1. The minimum Gasteiger partial charge on any atom is -0.481 e. The molecule has 130 valence electrons. The van der Waals surface area contributed by atoms with Crippen molar-refractivity contribution in [3.63, 3.8) is 0 Å². The Hall–Kier alpha value is -2.68. The number of rotatable bonds is 5. The van der Waals surface area contributed by atoms with E-state index in [1.807, 2.05) is 24.3 Å². The fourth-order valence-electron chi connectivity index (χ4n) is 2.53. The Morgan fingerprint density at radius 3 is 2.84 bits per heavy atom. The van der Waals surface area contributed by atoms with E-state index in [4.69, 9.17) is 5.11 Å². The number of fused-ring (bicyclic) bond motifs is 1. The van der Waals surface area contributed by atoms with Crippen molar-refractivity contribution < 1.29 is 14.7 Å². The number of aryl methyl sites for hydroxylation is 2. The maximum atomic E-state index is 12.4. The highest BCUT2D eigenvalue weighted by atomic mass is 32.2. The van der Waals surface area contributed by atoms with E-state index >= 15 is 0 Å². The van der Waals surface area contributed by atoms with Crippen LogP contribution in [0.1, 0.15) is 24.1 Å². The quantitative estimate of drug-likeness (QED) is 0.732. The Morgan fingerprint density at radius 1 is 1.28 bits per heavy atom. The van der Waals surface area contributed by atoms with Crippen LogP contribution >= 0.6 is 11.8 Å². The number of aromatic amines is 1. The maximum Gasteiger partial charge on any atom is 0.303 e. The van der Waals surface area contributed by atoms with Gasteiger partial charge < -0.3 is 10.4 Å². The highest BCUT2D eigenvalue weighted by Gasteiger charge is 2.25. The van der Waals surface area contributed by atoms with Gasteiger partial charge in [0.05, 0.1) is 11.7 Å². The van der Waals surface area contributed by atoms with E-state index in [2.05, 4.69) is 20.5 Å². The monoisotopic (exact) mass is 360 g/mol. The molecule has 0 unspecified atom stereocenters. The molecular formula is C16H16N4O4S. The zero-order valence-electron chi connectivity index (χ0n) is 13.2. The van der Waals surface area contributed by atoms with Gasteiger partial charge in [-0.1, -0.05) is 30.0 Å². The molecule has 0 saturated heterocycles. The number of benzene rings is 1. The van der Waals surface area contributed by atoms with Crippen molar-refractivity contribution in [2.24, 2.45) is 0 Å². The SMILES string of the molecule is O=C(O)CCc1nnc(S[C@H]2CCc3ccccc3NC2=O)[nH]c1=O. The van der Waals surface area contributed by atoms with Crippen LogP contribution in [0.3, 0.4) is 0 Å². The highest BCUT2D eigenvalue weighted by molar-refractivity contribution is 8.00. The normalized spacial score (nSPS) is 16.6. The van der Waals surface area contributed by atoms with Crippen LogP contribution in [0.4, 0.5) is 5.69 Å². The van der Waals surface area contributed by atoms with E-state index in [9.17, 15) is 14.4 Å². The molecule has 8 nitrogen and oxygen atoms in total. The molecule has 0 saturated carbocycles. The number of nitrogens with one attached hydrogen (secondary N) is 2. The average Bonchev–Trinajstić information content (AvgIpc) is 2.73. The number of hydrogen-bond acceptors (Lipinski definition) is 6. The third-order valence-corrected chi connectivity index (χ3v) is 4.96. The first-order chi connectivity index (χ1) is 12.0. The molecule has 2 heterocycles. The summed E-state index contributed by atoms with van der Waals surface area (Å²) in [5, 5.41) is 19.1. The molecule has 9 heteroatoms. The van der Waals surface area contributed by atoms with E-state index in [0.717, 1.165) is 29.4 Å². The number of H-pyrrole nitrogens is 1. The van der Waals surface area contributed by atoms with Crippen LogP contribution in [-0.4, -0.2) is 37.4 Å². The summed E-state index contributed by atoms with van der Waals surface area (Å²) in [4.78, 5) is 37.5. The number of amides is 1. The number of hydrogen-bond donors (Lipinski definition) is 3. The van der Waals surface area contributed by atoms with Crippen LogP contribution in [0, 0.1) is 0 Å². The van der Waals surface area contributed by atoms with Crippen LogP contribution in [0.5, 0.6) is 0 Å². The van der Waals surface area contributed by atoms with Crippen LogP contribution in [-0.2, 0) is 22.4 Å². The minimum absolute atomic E-state index is 0.0157. The average molecular weight is 360 g/mol. The van der Waals surface area contributed by atoms with E-state index < -0.39 is 16.8 Å². The van der Waals surface area contributed by atoms with Crippen molar-refractivity contribution in [2.45, 2.75) is 36.1 Å². The van der Waals surface area contributed by atoms with Crippen molar-refractivity contribution in [3.8, 4) is 0 Å². The molecule has 1 amide bonds. The summed E-state index contributed by atoms with van der Waals surface area (Å²) >= 11 is 1.15. The standard InChI is InChI=1S/C16H16N4O4S/c21-13(22)8-6-11-14(23)18-16(20-19-11)25-12-7-5-9-3-1-2-4-10(9)17-15(12)24/h1-4,12H,5-8H2,(H,17,24)(H,21,22)(H,18,20,23)/t12-/m0/s1. The number of aromatic nitrogens is 3. The van der Waals surface area contributed by atoms with Gasteiger partial charge in [-0.2, -0.15) is 0 Å². The van der Waals surface area contributed by atoms with Crippen molar-refractivity contribution in [2.75, 3.05) is 5.32 Å². The molecule has 1 aromatic heterocycles. The molecule has 1 atom stereocenters. The Kier molecular flexibility index (Phi) is 5.13. The van der Waals surface area contributed by atoms with Gasteiger partial charge in [-0.15, -0.1) is 10.2 Å². The first-order valence-electron chi connectivity index (χ1n) is 7.76. The highest BCUT2D eigenvalue weighted by Crippen LogP contribution is 2.29. The number of carbonyl (C=O) groups is 2. The zero-order chi connectivity index (χ0) is 17.8. The van der Waals surface area contributed by atoms with Crippen molar-refractivity contribution >= 4 is 29.3 Å². The first-order valence-corrected chi connectivity index (χ1v) is 8.64. The smallest absolute Gasteiger partial charge is 0.303 e. The van der Waals surface area contributed by atoms with Crippen LogP contribution in [0.15, 0.2) is 34.2 Å². The van der Waals surface area contributed by atoms with Gasteiger partial charge in [0.15, 0.2) is 5.16 Å². The van der Waals surface area contributed by atoms with Crippen LogP contribution < -0.4 is 10.9 Å². The lowest BCUT2D eigenvalue weighted by atomic mass is 10.1. The number of carboxylic acids is 1. The summed E-state index contributed by atoms with van der Waals surface area (Å²) in [5.41, 5.74) is 1.47. The largest absolute Gasteiger partial charge is 0.481 e. The second-order valence-corrected chi connectivity index (χ2v) is 6.78. The van der Waals surface area contributed by atoms with E-state index in [0.29, 0.717) is 6.42 Å². The number of nitrogens with zero attached hydrogens (tertiary/aromatic N) is 2. The third kappa shape index (κ3) is 4.24. The lowest BCUT2D eigenvalue weighted by Gasteiger charge is -2.11. The molecule has 0 bridgehead atoms. The minimum atomic E-state index is -1.01. The Labute approximate surface area is 147 Å². The summed E-state index contributed by atoms with van der Waals surface area (Å²) in [6, 6.07) is 7.63. The molecule has 1 aliphatic rings. The molecule has 2 aromatic rings.